The summed E-state index contributed by atoms with van der Waals surface area (Å²) in [6.45, 7) is 7.20. The van der Waals surface area contributed by atoms with E-state index in [0.29, 0.717) is 0 Å². The molecule has 0 N–H and O–H groups in total. The number of nitrogens with zero attached hydrogens (tertiary/aromatic N) is 1. The van der Waals surface area contributed by atoms with Gasteiger partial charge in [0, 0.05) is 30.1 Å². The van der Waals surface area contributed by atoms with Crippen LogP contribution in [0.4, 0.5) is 0 Å². The topological polar surface area (TPSA) is 100 Å². The van der Waals surface area contributed by atoms with Gasteiger partial charge in [0.2, 0.25) is 0 Å². The van der Waals surface area contributed by atoms with E-state index in [0.717, 1.165) is 9.37 Å². The van der Waals surface area contributed by atoms with E-state index in [4.69, 9.17) is 18.9 Å². The second-order valence-corrected chi connectivity index (χ2v) is 8.33. The molecule has 29 heavy (non-hydrogen) atoms. The molecule has 1 saturated heterocycles. The van der Waals surface area contributed by atoms with Gasteiger partial charge in [0.25, 0.3) is 0 Å². The first kappa shape index (κ1) is 23.4. The molecule has 0 saturated carbocycles. The van der Waals surface area contributed by atoms with Gasteiger partial charge in [-0.3, -0.25) is 19.4 Å². The molecule has 0 radical (unpaired) electrons. The van der Waals surface area contributed by atoms with Crippen LogP contribution in [-0.4, -0.2) is 61.0 Å². The minimum Gasteiger partial charge on any atom is -0.463 e. The lowest BCUT2D eigenvalue weighted by molar-refractivity contribution is -0.200. The summed E-state index contributed by atoms with van der Waals surface area (Å²) in [5, 5.41) is 0. The number of carbonyl (C=O) groups is 3. The number of halogens is 1. The van der Waals surface area contributed by atoms with Crippen molar-refractivity contribution in [3.8, 4) is 0 Å². The molecule has 1 aliphatic rings. The van der Waals surface area contributed by atoms with Crippen molar-refractivity contribution in [3.63, 3.8) is 0 Å². The van der Waals surface area contributed by atoms with Crippen molar-refractivity contribution in [1.82, 2.24) is 0 Å². The monoisotopic (exact) mass is 487 g/mol. The van der Waals surface area contributed by atoms with Crippen LogP contribution in [0, 0.1) is 0 Å². The van der Waals surface area contributed by atoms with Gasteiger partial charge in [-0.1, -0.05) is 33.8 Å². The van der Waals surface area contributed by atoms with E-state index in [-0.39, 0.29) is 6.61 Å². The summed E-state index contributed by atoms with van der Waals surface area (Å²) in [6, 6.07) is 6.69. The SMILES string of the molecule is C=NC1C(OC(C)=O)[C@@H](Sc2cccc(Br)c2)OC(COC(C)=O)[C@@H]1OC(C)=O. The molecular weight excluding hydrogens is 466 g/mol. The molecule has 3 unspecified atom stereocenters. The van der Waals surface area contributed by atoms with E-state index in [1.54, 1.807) is 0 Å². The van der Waals surface area contributed by atoms with Crippen molar-refractivity contribution in [2.45, 2.75) is 55.5 Å². The Hall–Kier alpha value is -1.91. The lowest BCUT2D eigenvalue weighted by Crippen LogP contribution is -2.59. The molecule has 1 aliphatic heterocycles. The third-order valence-electron chi connectivity index (χ3n) is 3.93. The number of hydrogen-bond donors (Lipinski definition) is 0. The van der Waals surface area contributed by atoms with E-state index in [1.165, 1.54) is 32.5 Å². The van der Waals surface area contributed by atoms with Crippen LogP contribution in [0.3, 0.4) is 0 Å². The largest absolute Gasteiger partial charge is 0.463 e. The summed E-state index contributed by atoms with van der Waals surface area (Å²) in [4.78, 5) is 39.5. The van der Waals surface area contributed by atoms with Crippen LogP contribution in [0.5, 0.6) is 0 Å². The molecule has 0 aliphatic carbocycles. The van der Waals surface area contributed by atoms with Crippen LogP contribution in [0.1, 0.15) is 20.8 Å². The molecule has 5 atom stereocenters. The predicted octanol–water partition coefficient (Wildman–Crippen LogP) is 2.76. The normalized spacial score (nSPS) is 26.3. The molecule has 1 fully saturated rings. The maximum atomic E-state index is 11.7. The first-order valence-corrected chi connectivity index (χ1v) is 10.4. The minimum absolute atomic E-state index is 0.151. The van der Waals surface area contributed by atoms with Gasteiger partial charge in [0.15, 0.2) is 12.2 Å². The standard InChI is InChI=1S/C19H22BrNO7S/c1-10(22)25-9-15-17(26-11(2)23)16(21-4)18(27-12(3)24)19(28-15)29-14-7-5-6-13(20)8-14/h5-8,15-19H,4,9H2,1-3H3/t15?,16?,17-,18?,19+/m0/s1. The van der Waals surface area contributed by atoms with Crippen molar-refractivity contribution in [3.05, 3.63) is 28.7 Å². The molecule has 1 aromatic carbocycles. The quantitative estimate of drug-likeness (QED) is 0.328. The van der Waals surface area contributed by atoms with Crippen molar-refractivity contribution in [1.29, 1.82) is 0 Å². The highest BCUT2D eigenvalue weighted by molar-refractivity contribution is 9.10. The molecule has 2 rings (SSSR count). The van der Waals surface area contributed by atoms with Crippen molar-refractivity contribution in [2.75, 3.05) is 6.61 Å². The highest BCUT2D eigenvalue weighted by atomic mass is 79.9. The fraction of sp³-hybridized carbons (Fsp3) is 0.474. The second-order valence-electron chi connectivity index (χ2n) is 6.24. The van der Waals surface area contributed by atoms with Crippen LogP contribution in [0.2, 0.25) is 0 Å². The summed E-state index contributed by atoms with van der Waals surface area (Å²) in [6.07, 6.45) is -2.62. The van der Waals surface area contributed by atoms with E-state index < -0.39 is 47.7 Å². The van der Waals surface area contributed by atoms with Gasteiger partial charge >= 0.3 is 17.9 Å². The van der Waals surface area contributed by atoms with Crippen LogP contribution in [0.15, 0.2) is 38.6 Å². The summed E-state index contributed by atoms with van der Waals surface area (Å²) in [7, 11) is 0. The lowest BCUT2D eigenvalue weighted by atomic mass is 9.97. The van der Waals surface area contributed by atoms with Crippen LogP contribution in [-0.2, 0) is 33.3 Å². The molecule has 0 bridgehead atoms. The number of benzene rings is 1. The Kier molecular flexibility index (Phi) is 8.66. The molecule has 0 aromatic heterocycles. The fourth-order valence-electron chi connectivity index (χ4n) is 2.86. The molecule has 10 heteroatoms. The summed E-state index contributed by atoms with van der Waals surface area (Å²) in [5.41, 5.74) is -0.698. The van der Waals surface area contributed by atoms with Crippen LogP contribution >= 0.6 is 27.7 Å². The molecule has 1 aromatic rings. The molecule has 1 heterocycles. The van der Waals surface area contributed by atoms with Gasteiger partial charge in [0.1, 0.15) is 24.2 Å². The Morgan fingerprint density at radius 1 is 1.14 bits per heavy atom. The van der Waals surface area contributed by atoms with E-state index in [2.05, 4.69) is 27.6 Å². The maximum Gasteiger partial charge on any atom is 0.303 e. The summed E-state index contributed by atoms with van der Waals surface area (Å²) < 4.78 is 22.9. The zero-order chi connectivity index (χ0) is 21.6. The first-order chi connectivity index (χ1) is 13.7. The van der Waals surface area contributed by atoms with Crippen molar-refractivity contribution in [2.24, 2.45) is 4.99 Å². The Labute approximate surface area is 181 Å². The predicted molar refractivity (Wildman–Crippen MR) is 110 cm³/mol. The average molecular weight is 488 g/mol. The number of esters is 3. The average Bonchev–Trinajstić information content (AvgIpc) is 2.62. The Bertz CT molecular complexity index is 775. The zero-order valence-electron chi connectivity index (χ0n) is 16.2. The maximum absolute atomic E-state index is 11.7. The van der Waals surface area contributed by atoms with Gasteiger partial charge < -0.3 is 18.9 Å². The van der Waals surface area contributed by atoms with Gasteiger partial charge in [-0.05, 0) is 24.9 Å². The third-order valence-corrected chi connectivity index (χ3v) is 5.56. The highest BCUT2D eigenvalue weighted by Gasteiger charge is 2.50. The van der Waals surface area contributed by atoms with E-state index >= 15 is 0 Å². The number of carbonyl (C=O) groups excluding carboxylic acids is 3. The number of thioether (sulfide) groups is 1. The Balaban J connectivity index is 2.37. The van der Waals surface area contributed by atoms with Gasteiger partial charge in [-0.25, -0.2) is 0 Å². The van der Waals surface area contributed by atoms with Crippen molar-refractivity contribution < 1.29 is 33.3 Å². The summed E-state index contributed by atoms with van der Waals surface area (Å²) in [5.74, 6) is -1.61. The third kappa shape index (κ3) is 6.83. The Morgan fingerprint density at radius 3 is 2.34 bits per heavy atom. The minimum atomic E-state index is -0.937. The number of rotatable bonds is 7. The first-order valence-electron chi connectivity index (χ1n) is 8.72. The van der Waals surface area contributed by atoms with Gasteiger partial charge in [0.05, 0.1) is 0 Å². The van der Waals surface area contributed by atoms with E-state index in [1.807, 2.05) is 24.3 Å². The number of hydrogen-bond acceptors (Lipinski definition) is 9. The number of ether oxygens (including phenoxy) is 4. The molecule has 158 valence electrons. The Morgan fingerprint density at radius 2 is 1.79 bits per heavy atom. The zero-order valence-corrected chi connectivity index (χ0v) is 18.6. The smallest absolute Gasteiger partial charge is 0.303 e. The highest BCUT2D eigenvalue weighted by Crippen LogP contribution is 2.37. The van der Waals surface area contributed by atoms with E-state index in [9.17, 15) is 14.4 Å². The van der Waals surface area contributed by atoms with Gasteiger partial charge in [-0.2, -0.15) is 0 Å². The fourth-order valence-corrected chi connectivity index (χ4v) is 4.58. The van der Waals surface area contributed by atoms with Crippen molar-refractivity contribution >= 4 is 52.3 Å². The molecule has 8 nitrogen and oxygen atoms in total. The molecule has 0 spiro atoms. The van der Waals surface area contributed by atoms with Gasteiger partial charge in [-0.15, -0.1) is 0 Å². The lowest BCUT2D eigenvalue weighted by Gasteiger charge is -2.43. The summed E-state index contributed by atoms with van der Waals surface area (Å²) >= 11 is 4.72. The van der Waals surface area contributed by atoms with Crippen LogP contribution in [0.25, 0.3) is 0 Å². The van der Waals surface area contributed by atoms with Crippen LogP contribution < -0.4 is 0 Å². The molecular formula is C19H22BrNO7S. The second kappa shape index (κ2) is 10.7. The number of aliphatic imine (C=N–C) groups is 1. The molecule has 0 amide bonds.